The summed E-state index contributed by atoms with van der Waals surface area (Å²) >= 11 is 0. The Labute approximate surface area is 201 Å². The van der Waals surface area contributed by atoms with E-state index in [1.54, 1.807) is 19.1 Å². The van der Waals surface area contributed by atoms with Crippen LogP contribution in [0.25, 0.3) is 0 Å². The lowest BCUT2D eigenvalue weighted by Gasteiger charge is -2.40. The Morgan fingerprint density at radius 2 is 1.56 bits per heavy atom. The maximum atomic E-state index is 13.6. The van der Waals surface area contributed by atoms with Crippen LogP contribution in [0.2, 0.25) is 0 Å². The van der Waals surface area contributed by atoms with Crippen molar-refractivity contribution in [1.82, 2.24) is 9.88 Å². The summed E-state index contributed by atoms with van der Waals surface area (Å²) in [7, 11) is 1.24. The van der Waals surface area contributed by atoms with E-state index in [2.05, 4.69) is 10.3 Å². The van der Waals surface area contributed by atoms with Gasteiger partial charge in [-0.2, -0.15) is 26.3 Å². The second kappa shape index (κ2) is 8.96. The molecule has 0 fully saturated rings. The molecule has 1 aliphatic heterocycles. The molecule has 2 aromatic carbocycles. The van der Waals surface area contributed by atoms with Gasteiger partial charge in [0.25, 0.3) is 5.91 Å². The zero-order valence-corrected chi connectivity index (χ0v) is 18.9. The third-order valence-corrected chi connectivity index (χ3v) is 5.98. The number of hydrogen-bond donors (Lipinski definition) is 1. The lowest BCUT2D eigenvalue weighted by molar-refractivity contribution is -0.143. The van der Waals surface area contributed by atoms with Crippen molar-refractivity contribution in [3.63, 3.8) is 0 Å². The Hall–Kier alpha value is -3.89. The van der Waals surface area contributed by atoms with Crippen molar-refractivity contribution < 1.29 is 35.9 Å². The Balaban J connectivity index is 1.90. The van der Waals surface area contributed by atoms with E-state index in [-0.39, 0.29) is 23.0 Å². The van der Waals surface area contributed by atoms with Gasteiger partial charge in [-0.05, 0) is 53.9 Å². The van der Waals surface area contributed by atoms with Crippen LogP contribution in [0.1, 0.15) is 50.1 Å². The predicted molar refractivity (Wildman–Crippen MR) is 118 cm³/mol. The van der Waals surface area contributed by atoms with Crippen LogP contribution in [0.3, 0.4) is 0 Å². The van der Waals surface area contributed by atoms with Crippen LogP contribution in [0.4, 0.5) is 32.2 Å². The number of likely N-dealkylation sites (N-methyl/N-ethyl adjacent to an activating group) is 1. The van der Waals surface area contributed by atoms with Gasteiger partial charge in [0.05, 0.1) is 23.1 Å². The number of hydrogen-bond acceptors (Lipinski definition) is 3. The van der Waals surface area contributed by atoms with Crippen molar-refractivity contribution >= 4 is 17.6 Å². The molecule has 1 N–H and O–H groups in total. The summed E-state index contributed by atoms with van der Waals surface area (Å²) < 4.78 is 81.3. The second-order valence-electron chi connectivity index (χ2n) is 8.48. The molecule has 2 heterocycles. The average molecular weight is 507 g/mol. The smallest absolute Gasteiger partial charge is 0.334 e. The molecular formula is C25H19F6N3O2. The molecule has 36 heavy (non-hydrogen) atoms. The Morgan fingerprint density at radius 3 is 2.11 bits per heavy atom. The number of carbonyl (C=O) groups is 2. The van der Waals surface area contributed by atoms with Gasteiger partial charge in [-0.3, -0.25) is 9.59 Å². The lowest BCUT2D eigenvalue weighted by Crippen LogP contribution is -2.44. The van der Waals surface area contributed by atoms with Gasteiger partial charge in [0.2, 0.25) is 5.91 Å². The Bertz CT molecular complexity index is 1290. The summed E-state index contributed by atoms with van der Waals surface area (Å²) in [5.74, 6) is -2.56. The first kappa shape index (κ1) is 25.2. The molecule has 0 spiro atoms. The number of fused-ring (bicyclic) bond motifs is 1. The van der Waals surface area contributed by atoms with Crippen LogP contribution in [0, 0.1) is 6.92 Å². The van der Waals surface area contributed by atoms with Crippen LogP contribution in [0.5, 0.6) is 0 Å². The van der Waals surface area contributed by atoms with Gasteiger partial charge in [0.15, 0.2) is 0 Å². The Morgan fingerprint density at radius 1 is 0.944 bits per heavy atom. The molecule has 0 bridgehead atoms. The molecule has 2 unspecified atom stereocenters. The van der Waals surface area contributed by atoms with Gasteiger partial charge < -0.3 is 10.2 Å². The number of amides is 2. The summed E-state index contributed by atoms with van der Waals surface area (Å²) in [5, 5.41) is 2.57. The number of benzene rings is 2. The number of nitrogens with zero attached hydrogens (tertiary/aromatic N) is 2. The third kappa shape index (κ3) is 4.77. The highest BCUT2D eigenvalue weighted by atomic mass is 19.4. The maximum Gasteiger partial charge on any atom is 0.416 e. The van der Waals surface area contributed by atoms with Crippen molar-refractivity contribution in [3.8, 4) is 0 Å². The SMILES string of the molecule is Cc1ccc(NC(=O)C2c3ccccc3C(=O)N(C)C2c2cc(C(F)(F)F)cc(C(F)(F)F)c2)nc1. The first-order chi connectivity index (χ1) is 16.8. The molecule has 2 atom stereocenters. The van der Waals surface area contributed by atoms with Crippen molar-refractivity contribution in [1.29, 1.82) is 0 Å². The molecule has 0 saturated heterocycles. The van der Waals surface area contributed by atoms with Gasteiger partial charge in [-0.25, -0.2) is 4.98 Å². The zero-order chi connectivity index (χ0) is 26.4. The van der Waals surface area contributed by atoms with E-state index in [4.69, 9.17) is 0 Å². The number of anilines is 1. The van der Waals surface area contributed by atoms with E-state index >= 15 is 0 Å². The molecular weight excluding hydrogens is 488 g/mol. The van der Waals surface area contributed by atoms with Crippen molar-refractivity contribution in [2.75, 3.05) is 12.4 Å². The van der Waals surface area contributed by atoms with Gasteiger partial charge >= 0.3 is 12.4 Å². The minimum Gasteiger partial charge on any atom is -0.334 e. The highest BCUT2D eigenvalue weighted by Crippen LogP contribution is 2.45. The number of aromatic nitrogens is 1. The van der Waals surface area contributed by atoms with E-state index in [1.807, 2.05) is 0 Å². The fourth-order valence-corrected chi connectivity index (χ4v) is 4.27. The number of aryl methyl sites for hydroxylation is 1. The van der Waals surface area contributed by atoms with E-state index in [0.29, 0.717) is 12.1 Å². The van der Waals surface area contributed by atoms with Gasteiger partial charge in [0, 0.05) is 18.8 Å². The molecule has 11 heteroatoms. The van der Waals surface area contributed by atoms with Crippen molar-refractivity contribution in [2.24, 2.45) is 0 Å². The van der Waals surface area contributed by atoms with Gasteiger partial charge in [-0.15, -0.1) is 0 Å². The molecule has 0 aliphatic carbocycles. The van der Waals surface area contributed by atoms with Crippen molar-refractivity contribution in [2.45, 2.75) is 31.2 Å². The van der Waals surface area contributed by atoms with E-state index in [0.717, 1.165) is 10.5 Å². The topological polar surface area (TPSA) is 62.3 Å². The molecule has 4 rings (SSSR count). The fourth-order valence-electron chi connectivity index (χ4n) is 4.27. The number of halogens is 6. The number of pyridine rings is 1. The van der Waals surface area contributed by atoms with Crippen molar-refractivity contribution in [3.05, 3.63) is 94.2 Å². The van der Waals surface area contributed by atoms with Crippen LogP contribution in [-0.2, 0) is 17.1 Å². The highest BCUT2D eigenvalue weighted by Gasteiger charge is 2.45. The molecule has 0 saturated carbocycles. The van der Waals surface area contributed by atoms with Crippen LogP contribution < -0.4 is 5.32 Å². The molecule has 2 amide bonds. The largest absolute Gasteiger partial charge is 0.416 e. The van der Waals surface area contributed by atoms with E-state index in [9.17, 15) is 35.9 Å². The first-order valence-corrected chi connectivity index (χ1v) is 10.7. The quantitative estimate of drug-likeness (QED) is 0.444. The van der Waals surface area contributed by atoms with Gasteiger partial charge in [-0.1, -0.05) is 24.3 Å². The minimum absolute atomic E-state index is 0.00734. The molecule has 5 nitrogen and oxygen atoms in total. The van der Waals surface area contributed by atoms with Gasteiger partial charge in [0.1, 0.15) is 5.82 Å². The Kier molecular flexibility index (Phi) is 6.27. The van der Waals surface area contributed by atoms with Crippen LogP contribution >= 0.6 is 0 Å². The lowest BCUT2D eigenvalue weighted by atomic mass is 9.78. The minimum atomic E-state index is -5.09. The number of alkyl halides is 6. The summed E-state index contributed by atoms with van der Waals surface area (Å²) in [6.07, 6.45) is -8.69. The first-order valence-electron chi connectivity index (χ1n) is 10.7. The number of nitrogens with one attached hydrogen (secondary N) is 1. The molecule has 1 aliphatic rings. The number of carbonyl (C=O) groups excluding carboxylic acids is 2. The van der Waals surface area contributed by atoms with Crippen LogP contribution in [-0.4, -0.2) is 28.7 Å². The molecule has 3 aromatic rings. The van der Waals surface area contributed by atoms with Crippen LogP contribution in [0.15, 0.2) is 60.8 Å². The zero-order valence-electron chi connectivity index (χ0n) is 18.9. The highest BCUT2D eigenvalue weighted by molar-refractivity contribution is 6.04. The predicted octanol–water partition coefficient (Wildman–Crippen LogP) is 5.98. The summed E-state index contributed by atoms with van der Waals surface area (Å²) in [6, 6.07) is 8.81. The monoisotopic (exact) mass is 507 g/mol. The maximum absolute atomic E-state index is 13.6. The standard InChI is InChI=1S/C25H19F6N3O2/c1-13-7-8-19(32-12-13)33-22(35)20-17-5-3-4-6-18(17)23(36)34(2)21(20)14-9-15(24(26,27)28)11-16(10-14)25(29,30)31/h3-12,20-21H,1-2H3,(H,32,33,35). The van der Waals surface area contributed by atoms with E-state index < -0.39 is 52.8 Å². The normalized spacial score (nSPS) is 18.1. The molecule has 0 radical (unpaired) electrons. The fraction of sp³-hybridized carbons (Fsp3) is 0.240. The molecule has 1 aromatic heterocycles. The third-order valence-electron chi connectivity index (χ3n) is 5.98. The average Bonchev–Trinajstić information content (AvgIpc) is 2.81. The number of rotatable bonds is 3. The van der Waals surface area contributed by atoms with E-state index in [1.165, 1.54) is 37.5 Å². The molecule has 188 valence electrons. The summed E-state index contributed by atoms with van der Waals surface area (Å²) in [4.78, 5) is 31.6. The summed E-state index contributed by atoms with van der Waals surface area (Å²) in [5.41, 5.74) is -2.43. The second-order valence-corrected chi connectivity index (χ2v) is 8.48. The summed E-state index contributed by atoms with van der Waals surface area (Å²) in [6.45, 7) is 1.78.